The zero-order chi connectivity index (χ0) is 20.0. The molecule has 5 aliphatic rings. The van der Waals surface area contributed by atoms with Crippen molar-refractivity contribution in [1.29, 1.82) is 0 Å². The lowest BCUT2D eigenvalue weighted by Gasteiger charge is -2.35. The molecular formula is C22H33N3O3S. The van der Waals surface area contributed by atoms with Gasteiger partial charge in [-0.25, -0.2) is 0 Å². The first kappa shape index (κ1) is 19.9. The monoisotopic (exact) mass is 419 g/mol. The number of nitrogens with zero attached hydrogens (tertiary/aromatic N) is 2. The molecule has 3 heterocycles. The normalized spacial score (nSPS) is 40.0. The number of thioether (sulfide) groups is 1. The molecule has 0 radical (unpaired) electrons. The number of hydrogen-bond donors (Lipinski definition) is 1. The van der Waals surface area contributed by atoms with Crippen molar-refractivity contribution in [1.82, 2.24) is 10.2 Å². The summed E-state index contributed by atoms with van der Waals surface area (Å²) >= 11 is 1.65. The van der Waals surface area contributed by atoms with E-state index in [2.05, 4.69) is 17.2 Å². The molecule has 4 fully saturated rings. The molecule has 6 nitrogen and oxygen atoms in total. The molecule has 160 valence electrons. The molecule has 7 heteroatoms. The van der Waals surface area contributed by atoms with Crippen LogP contribution in [0.2, 0.25) is 0 Å². The second kappa shape index (κ2) is 7.88. The number of piperidine rings is 1. The Kier molecular flexibility index (Phi) is 5.39. The highest BCUT2D eigenvalue weighted by Crippen LogP contribution is 2.46. The Morgan fingerprint density at radius 1 is 1.24 bits per heavy atom. The number of carbonyl (C=O) groups excluding carboxylic acids is 2. The minimum atomic E-state index is -0.453. The number of aliphatic imine (C=N–C) groups is 1. The fourth-order valence-corrected chi connectivity index (χ4v) is 7.36. The van der Waals surface area contributed by atoms with Gasteiger partial charge in [-0.15, -0.1) is 0 Å². The Morgan fingerprint density at radius 2 is 2.07 bits per heavy atom. The number of hydrogen-bond acceptors (Lipinski definition) is 5. The van der Waals surface area contributed by atoms with E-state index >= 15 is 0 Å². The van der Waals surface area contributed by atoms with Gasteiger partial charge in [0, 0.05) is 25.7 Å². The third-order valence-electron chi connectivity index (χ3n) is 7.83. The van der Waals surface area contributed by atoms with Crippen LogP contribution in [0.15, 0.2) is 4.99 Å². The second-order valence-electron chi connectivity index (χ2n) is 9.96. The zero-order valence-corrected chi connectivity index (χ0v) is 18.2. The van der Waals surface area contributed by atoms with E-state index in [-0.39, 0.29) is 17.9 Å². The number of carbonyl (C=O) groups is 2. The lowest BCUT2D eigenvalue weighted by Crippen LogP contribution is -2.45. The average molecular weight is 420 g/mol. The van der Waals surface area contributed by atoms with Crippen molar-refractivity contribution in [2.45, 2.75) is 81.6 Å². The van der Waals surface area contributed by atoms with Crippen LogP contribution in [0, 0.1) is 17.8 Å². The van der Waals surface area contributed by atoms with Gasteiger partial charge in [-0.2, -0.15) is 4.99 Å². The SMILES string of the molecule is CC1(CC2CCN(C(=O)[C@H]3CCCO3)CC2)SC(N[C@H]2C[C@@H]3CCC2C3)=NC1=O. The maximum absolute atomic E-state index is 12.7. The molecule has 2 aliphatic carbocycles. The molecule has 2 saturated heterocycles. The summed E-state index contributed by atoms with van der Waals surface area (Å²) in [5.74, 6) is 2.32. The quantitative estimate of drug-likeness (QED) is 0.759. The number of likely N-dealkylation sites (tertiary alicyclic amines) is 1. The predicted octanol–water partition coefficient (Wildman–Crippen LogP) is 2.96. The topological polar surface area (TPSA) is 71.0 Å². The smallest absolute Gasteiger partial charge is 0.264 e. The maximum atomic E-state index is 12.7. The van der Waals surface area contributed by atoms with E-state index in [1.54, 1.807) is 11.8 Å². The van der Waals surface area contributed by atoms with Gasteiger partial charge in [-0.05, 0) is 76.0 Å². The fourth-order valence-electron chi connectivity index (χ4n) is 6.15. The first-order valence-corrected chi connectivity index (χ1v) is 12.3. The van der Waals surface area contributed by atoms with Crippen LogP contribution in [0.25, 0.3) is 0 Å². The van der Waals surface area contributed by atoms with Crippen molar-refractivity contribution in [2.24, 2.45) is 22.7 Å². The van der Waals surface area contributed by atoms with E-state index in [1.807, 2.05) is 4.90 Å². The minimum absolute atomic E-state index is 0.0195. The van der Waals surface area contributed by atoms with Crippen LogP contribution in [0.1, 0.15) is 64.7 Å². The Bertz CT molecular complexity index is 699. The average Bonchev–Trinajstić information content (AvgIpc) is 3.48. The van der Waals surface area contributed by atoms with Gasteiger partial charge in [-0.3, -0.25) is 9.59 Å². The Morgan fingerprint density at radius 3 is 2.72 bits per heavy atom. The van der Waals surface area contributed by atoms with Gasteiger partial charge >= 0.3 is 0 Å². The Labute approximate surface area is 177 Å². The van der Waals surface area contributed by atoms with Crippen LogP contribution in [-0.4, -0.2) is 58.5 Å². The lowest BCUT2D eigenvalue weighted by molar-refractivity contribution is -0.142. The maximum Gasteiger partial charge on any atom is 0.264 e. The minimum Gasteiger partial charge on any atom is -0.368 e. The largest absolute Gasteiger partial charge is 0.368 e. The summed E-state index contributed by atoms with van der Waals surface area (Å²) in [6, 6.07) is 0.516. The highest BCUT2D eigenvalue weighted by molar-refractivity contribution is 8.16. The molecule has 29 heavy (non-hydrogen) atoms. The zero-order valence-electron chi connectivity index (χ0n) is 17.4. The summed E-state index contributed by atoms with van der Waals surface area (Å²) in [6.07, 6.45) is 9.72. The van der Waals surface area contributed by atoms with Crippen LogP contribution in [-0.2, 0) is 14.3 Å². The van der Waals surface area contributed by atoms with Gasteiger partial charge in [0.05, 0.1) is 0 Å². The standard InChI is InChI=1S/C22H33N3O3S/c1-22(13-14-6-8-25(9-7-14)19(26)18-3-2-10-28-18)20(27)24-21(29-22)23-17-12-15-4-5-16(17)11-15/h14-18H,2-13H2,1H3,(H,23,24,27)/t15-,16?,17+,18-,22?/m1/s1. The summed E-state index contributed by atoms with van der Waals surface area (Å²) in [6.45, 7) is 4.34. The first-order chi connectivity index (χ1) is 14.0. The molecule has 1 N–H and O–H groups in total. The number of ether oxygens (including phenoxy) is 1. The summed E-state index contributed by atoms with van der Waals surface area (Å²) in [5.41, 5.74) is 0. The van der Waals surface area contributed by atoms with Gasteiger partial charge < -0.3 is 15.0 Å². The van der Waals surface area contributed by atoms with Gasteiger partial charge in [0.25, 0.3) is 11.8 Å². The van der Waals surface area contributed by atoms with E-state index in [1.165, 1.54) is 25.7 Å². The predicted molar refractivity (Wildman–Crippen MR) is 114 cm³/mol. The molecule has 5 rings (SSSR count). The molecule has 0 aromatic carbocycles. The summed E-state index contributed by atoms with van der Waals surface area (Å²) in [7, 11) is 0. The molecule has 0 spiro atoms. The highest BCUT2D eigenvalue weighted by Gasteiger charge is 2.46. The van der Waals surface area contributed by atoms with Crippen LogP contribution >= 0.6 is 11.8 Å². The molecule has 0 aromatic heterocycles. The molecule has 0 aromatic rings. The van der Waals surface area contributed by atoms with E-state index in [9.17, 15) is 9.59 Å². The van der Waals surface area contributed by atoms with E-state index in [4.69, 9.17) is 4.74 Å². The summed E-state index contributed by atoms with van der Waals surface area (Å²) in [5, 5.41) is 4.46. The second-order valence-corrected chi connectivity index (χ2v) is 11.4. The van der Waals surface area contributed by atoms with Crippen molar-refractivity contribution in [3.05, 3.63) is 0 Å². The molecule has 2 unspecified atom stereocenters. The van der Waals surface area contributed by atoms with Crippen LogP contribution in [0.5, 0.6) is 0 Å². The molecule has 2 saturated carbocycles. The first-order valence-electron chi connectivity index (χ1n) is 11.5. The van der Waals surface area contributed by atoms with Crippen molar-refractivity contribution >= 4 is 28.7 Å². The molecule has 2 bridgehead atoms. The summed E-state index contributed by atoms with van der Waals surface area (Å²) in [4.78, 5) is 31.6. The van der Waals surface area contributed by atoms with Gasteiger partial charge in [0.2, 0.25) is 0 Å². The van der Waals surface area contributed by atoms with Gasteiger partial charge in [-0.1, -0.05) is 18.2 Å². The van der Waals surface area contributed by atoms with E-state index in [0.29, 0.717) is 18.6 Å². The number of amidine groups is 1. The third kappa shape index (κ3) is 3.97. The number of rotatable bonds is 4. The third-order valence-corrected chi connectivity index (χ3v) is 9.03. The van der Waals surface area contributed by atoms with Crippen LogP contribution in [0.4, 0.5) is 0 Å². The number of nitrogens with one attached hydrogen (secondary N) is 1. The molecule has 5 atom stereocenters. The van der Waals surface area contributed by atoms with Crippen molar-refractivity contribution in [3.63, 3.8) is 0 Å². The van der Waals surface area contributed by atoms with E-state index < -0.39 is 4.75 Å². The van der Waals surface area contributed by atoms with Crippen LogP contribution in [0.3, 0.4) is 0 Å². The Balaban J connectivity index is 1.11. The molecule has 3 aliphatic heterocycles. The molecular weight excluding hydrogens is 386 g/mol. The number of amides is 2. The van der Waals surface area contributed by atoms with Crippen LogP contribution < -0.4 is 5.32 Å². The van der Waals surface area contributed by atoms with Crippen molar-refractivity contribution in [2.75, 3.05) is 19.7 Å². The number of fused-ring (bicyclic) bond motifs is 2. The fraction of sp³-hybridized carbons (Fsp3) is 0.864. The van der Waals surface area contributed by atoms with Gasteiger partial charge in [0.15, 0.2) is 5.17 Å². The highest BCUT2D eigenvalue weighted by atomic mass is 32.2. The summed E-state index contributed by atoms with van der Waals surface area (Å²) < 4.78 is 5.10. The van der Waals surface area contributed by atoms with Crippen molar-refractivity contribution in [3.8, 4) is 0 Å². The Hall–Kier alpha value is -1.08. The van der Waals surface area contributed by atoms with Gasteiger partial charge in [0.1, 0.15) is 10.9 Å². The molecule has 2 amide bonds. The van der Waals surface area contributed by atoms with E-state index in [0.717, 1.165) is 62.2 Å². The lowest BCUT2D eigenvalue weighted by atomic mass is 9.87. The van der Waals surface area contributed by atoms with Crippen molar-refractivity contribution < 1.29 is 14.3 Å².